The van der Waals surface area contributed by atoms with Gasteiger partial charge >= 0.3 is 5.97 Å². The van der Waals surface area contributed by atoms with Crippen molar-refractivity contribution in [3.8, 4) is 0 Å². The SMILES string of the molecule is C/C=C\C(CCCC(=O)O)=C(\OC)C(C)CC=N. The Labute approximate surface area is 109 Å². The maximum absolute atomic E-state index is 10.5. The van der Waals surface area contributed by atoms with Gasteiger partial charge in [0.15, 0.2) is 0 Å². The van der Waals surface area contributed by atoms with Crippen molar-refractivity contribution in [1.82, 2.24) is 0 Å². The number of carboxylic acids is 1. The molecule has 18 heavy (non-hydrogen) atoms. The van der Waals surface area contributed by atoms with E-state index in [0.29, 0.717) is 19.3 Å². The summed E-state index contributed by atoms with van der Waals surface area (Å²) in [5.41, 5.74) is 1.02. The molecule has 0 amide bonds. The summed E-state index contributed by atoms with van der Waals surface area (Å²) in [6.07, 6.45) is 7.32. The first-order valence-corrected chi connectivity index (χ1v) is 6.17. The van der Waals surface area contributed by atoms with Gasteiger partial charge in [-0.15, -0.1) is 0 Å². The Morgan fingerprint density at radius 2 is 2.11 bits per heavy atom. The minimum absolute atomic E-state index is 0.142. The second kappa shape index (κ2) is 9.45. The zero-order valence-corrected chi connectivity index (χ0v) is 11.4. The van der Waals surface area contributed by atoms with Crippen LogP contribution < -0.4 is 0 Å². The van der Waals surface area contributed by atoms with Gasteiger partial charge in [-0.1, -0.05) is 19.1 Å². The summed E-state index contributed by atoms with van der Waals surface area (Å²) in [7, 11) is 1.62. The minimum atomic E-state index is -0.777. The van der Waals surface area contributed by atoms with Crippen LogP contribution in [0.25, 0.3) is 0 Å². The average molecular weight is 253 g/mol. The molecule has 0 radical (unpaired) electrons. The molecule has 4 nitrogen and oxygen atoms in total. The fraction of sp³-hybridized carbons (Fsp3) is 0.571. The van der Waals surface area contributed by atoms with Gasteiger partial charge in [0, 0.05) is 12.3 Å². The van der Waals surface area contributed by atoms with Gasteiger partial charge in [0.2, 0.25) is 0 Å². The number of ether oxygens (including phenoxy) is 1. The van der Waals surface area contributed by atoms with E-state index >= 15 is 0 Å². The highest BCUT2D eigenvalue weighted by atomic mass is 16.5. The molecule has 0 aliphatic carbocycles. The van der Waals surface area contributed by atoms with Crippen LogP contribution in [0.5, 0.6) is 0 Å². The van der Waals surface area contributed by atoms with E-state index in [-0.39, 0.29) is 12.3 Å². The molecule has 0 aromatic rings. The van der Waals surface area contributed by atoms with Crippen molar-refractivity contribution in [3.63, 3.8) is 0 Å². The molecule has 0 aliphatic rings. The molecule has 2 N–H and O–H groups in total. The van der Waals surface area contributed by atoms with Crippen molar-refractivity contribution in [3.05, 3.63) is 23.5 Å². The second-order valence-electron chi connectivity index (χ2n) is 4.18. The normalized spacial score (nSPS) is 14.2. The van der Waals surface area contributed by atoms with E-state index in [4.69, 9.17) is 15.3 Å². The Kier molecular flexibility index (Phi) is 8.62. The Hall–Kier alpha value is -1.58. The van der Waals surface area contributed by atoms with Gasteiger partial charge < -0.3 is 15.3 Å². The van der Waals surface area contributed by atoms with Crippen molar-refractivity contribution in [1.29, 1.82) is 5.41 Å². The molecule has 1 atom stereocenters. The highest BCUT2D eigenvalue weighted by Gasteiger charge is 2.13. The molecule has 0 rings (SSSR count). The van der Waals surface area contributed by atoms with Gasteiger partial charge in [0.1, 0.15) is 5.76 Å². The lowest BCUT2D eigenvalue weighted by molar-refractivity contribution is -0.137. The molecule has 0 aromatic carbocycles. The fourth-order valence-corrected chi connectivity index (χ4v) is 1.85. The molecule has 0 aromatic heterocycles. The average Bonchev–Trinajstić information content (AvgIpc) is 2.29. The summed E-state index contributed by atoms with van der Waals surface area (Å²) in [5, 5.41) is 15.8. The summed E-state index contributed by atoms with van der Waals surface area (Å²) in [4.78, 5) is 10.5. The third kappa shape index (κ3) is 6.23. The van der Waals surface area contributed by atoms with E-state index in [1.807, 2.05) is 26.0 Å². The monoisotopic (exact) mass is 253 g/mol. The van der Waals surface area contributed by atoms with Crippen molar-refractivity contribution < 1.29 is 14.6 Å². The third-order valence-corrected chi connectivity index (χ3v) is 2.66. The smallest absolute Gasteiger partial charge is 0.303 e. The van der Waals surface area contributed by atoms with E-state index in [9.17, 15) is 4.79 Å². The van der Waals surface area contributed by atoms with E-state index in [2.05, 4.69) is 0 Å². The van der Waals surface area contributed by atoms with Gasteiger partial charge in [-0.2, -0.15) is 0 Å². The molecular weight excluding hydrogens is 230 g/mol. The van der Waals surface area contributed by atoms with Crippen LogP contribution in [0.3, 0.4) is 0 Å². The number of aliphatic carboxylic acids is 1. The highest BCUT2D eigenvalue weighted by molar-refractivity contribution is 5.66. The molecule has 0 aliphatic heterocycles. The van der Waals surface area contributed by atoms with Gasteiger partial charge in [-0.3, -0.25) is 4.79 Å². The second-order valence-corrected chi connectivity index (χ2v) is 4.18. The Bertz CT molecular complexity index is 332. The van der Waals surface area contributed by atoms with Crippen molar-refractivity contribution in [2.45, 2.75) is 39.5 Å². The molecule has 102 valence electrons. The summed E-state index contributed by atoms with van der Waals surface area (Å²) in [6, 6.07) is 0. The van der Waals surface area contributed by atoms with E-state index in [0.717, 1.165) is 11.3 Å². The zero-order valence-electron chi connectivity index (χ0n) is 11.4. The number of allylic oxidation sites excluding steroid dienone is 4. The van der Waals surface area contributed by atoms with E-state index in [1.165, 1.54) is 6.21 Å². The van der Waals surface area contributed by atoms with Crippen LogP contribution in [0, 0.1) is 11.3 Å². The quantitative estimate of drug-likeness (QED) is 0.376. The molecular formula is C14H23NO3. The fourth-order valence-electron chi connectivity index (χ4n) is 1.85. The highest BCUT2D eigenvalue weighted by Crippen LogP contribution is 2.23. The number of hydrogen-bond acceptors (Lipinski definition) is 3. The van der Waals surface area contributed by atoms with Crippen LogP contribution >= 0.6 is 0 Å². The maximum atomic E-state index is 10.5. The lowest BCUT2D eigenvalue weighted by Crippen LogP contribution is -2.06. The zero-order chi connectivity index (χ0) is 14.0. The van der Waals surface area contributed by atoms with Crippen molar-refractivity contribution in [2.24, 2.45) is 5.92 Å². The minimum Gasteiger partial charge on any atom is -0.501 e. The van der Waals surface area contributed by atoms with Crippen LogP contribution in [0.1, 0.15) is 39.5 Å². The van der Waals surface area contributed by atoms with Crippen LogP contribution in [-0.4, -0.2) is 24.4 Å². The maximum Gasteiger partial charge on any atom is 0.303 e. The van der Waals surface area contributed by atoms with Gasteiger partial charge in [-0.05, 0) is 38.0 Å². The predicted octanol–water partition coefficient (Wildman–Crippen LogP) is 3.39. The lowest BCUT2D eigenvalue weighted by Gasteiger charge is -2.17. The molecule has 0 spiro atoms. The van der Waals surface area contributed by atoms with Crippen molar-refractivity contribution in [2.75, 3.05) is 7.11 Å². The molecule has 0 bridgehead atoms. The van der Waals surface area contributed by atoms with Crippen LogP contribution in [0.4, 0.5) is 0 Å². The van der Waals surface area contributed by atoms with E-state index < -0.39 is 5.97 Å². The molecule has 4 heteroatoms. The molecule has 0 fully saturated rings. The summed E-state index contributed by atoms with van der Waals surface area (Å²) in [6.45, 7) is 3.93. The number of hydrogen-bond donors (Lipinski definition) is 2. The molecule has 0 heterocycles. The van der Waals surface area contributed by atoms with Crippen LogP contribution in [-0.2, 0) is 9.53 Å². The number of carboxylic acid groups (broad SMARTS) is 1. The molecule has 0 saturated carbocycles. The van der Waals surface area contributed by atoms with E-state index in [1.54, 1.807) is 7.11 Å². The number of nitrogens with one attached hydrogen (secondary N) is 1. The lowest BCUT2D eigenvalue weighted by atomic mass is 9.97. The van der Waals surface area contributed by atoms with Crippen molar-refractivity contribution >= 4 is 12.2 Å². The Morgan fingerprint density at radius 1 is 1.44 bits per heavy atom. The number of methoxy groups -OCH3 is 1. The summed E-state index contributed by atoms with van der Waals surface area (Å²) in [5.74, 6) is 0.215. The Balaban J connectivity index is 4.86. The first-order valence-electron chi connectivity index (χ1n) is 6.17. The van der Waals surface area contributed by atoms with Gasteiger partial charge in [0.25, 0.3) is 0 Å². The number of rotatable bonds is 9. The Morgan fingerprint density at radius 3 is 2.56 bits per heavy atom. The van der Waals surface area contributed by atoms with Crippen LogP contribution in [0.15, 0.2) is 23.5 Å². The van der Waals surface area contributed by atoms with Crippen LogP contribution in [0.2, 0.25) is 0 Å². The topological polar surface area (TPSA) is 70.4 Å². The predicted molar refractivity (Wildman–Crippen MR) is 72.9 cm³/mol. The molecule has 0 saturated heterocycles. The first-order chi connectivity index (χ1) is 8.56. The largest absolute Gasteiger partial charge is 0.501 e. The summed E-state index contributed by atoms with van der Waals surface area (Å²) >= 11 is 0. The number of carbonyl (C=O) groups is 1. The van der Waals surface area contributed by atoms with Gasteiger partial charge in [-0.25, -0.2) is 0 Å². The van der Waals surface area contributed by atoms with Gasteiger partial charge in [0.05, 0.1) is 7.11 Å². The molecule has 1 unspecified atom stereocenters. The standard InChI is InChI=1S/C14H23NO3/c1-4-6-12(7-5-8-13(16)17)14(18-3)11(2)9-10-15/h4,6,10-11,15H,5,7-9H2,1-3H3,(H,16,17)/b6-4-,14-12-,15-10?. The third-order valence-electron chi connectivity index (χ3n) is 2.66. The first kappa shape index (κ1) is 16.4. The summed E-state index contributed by atoms with van der Waals surface area (Å²) < 4.78 is 5.41.